The fourth-order valence-corrected chi connectivity index (χ4v) is 4.86. The van der Waals surface area contributed by atoms with Gasteiger partial charge in [0.1, 0.15) is 0 Å². The Bertz CT molecular complexity index is 522. The summed E-state index contributed by atoms with van der Waals surface area (Å²) < 4.78 is 0. The van der Waals surface area contributed by atoms with Gasteiger partial charge in [0.2, 0.25) is 5.91 Å². The standard InChI is InChI=1S/C19H32N4O2/c1-22-16-7-8-17(22)12-23(10-9-16)19(25)21-15-4-2-3-13(11-15)18(24)20-14-5-6-14/h13-17H,2-12H2,1H3,(H,20,24)(H,21,25)/t13-,15+,16+,17+/m1/s1. The number of amides is 3. The second-order valence-electron chi connectivity index (χ2n) is 8.58. The predicted octanol–water partition coefficient (Wildman–Crippen LogP) is 1.70. The van der Waals surface area contributed by atoms with Crippen LogP contribution in [0.25, 0.3) is 0 Å². The van der Waals surface area contributed by atoms with Crippen molar-refractivity contribution in [2.45, 2.75) is 82.0 Å². The molecule has 0 aromatic carbocycles. The lowest BCUT2D eigenvalue weighted by molar-refractivity contribution is -0.126. The summed E-state index contributed by atoms with van der Waals surface area (Å²) in [4.78, 5) is 29.5. The number of hydrogen-bond acceptors (Lipinski definition) is 3. The molecular formula is C19H32N4O2. The maximum Gasteiger partial charge on any atom is 0.317 e. The molecule has 2 aliphatic heterocycles. The largest absolute Gasteiger partial charge is 0.353 e. The van der Waals surface area contributed by atoms with E-state index >= 15 is 0 Å². The molecule has 0 spiro atoms. The summed E-state index contributed by atoms with van der Waals surface area (Å²) in [7, 11) is 2.20. The molecule has 2 saturated heterocycles. The van der Waals surface area contributed by atoms with Gasteiger partial charge in [-0.2, -0.15) is 0 Å². The average Bonchev–Trinajstić information content (AvgIpc) is 3.34. The Labute approximate surface area is 150 Å². The minimum Gasteiger partial charge on any atom is -0.353 e. The number of hydrogen-bond donors (Lipinski definition) is 2. The van der Waals surface area contributed by atoms with Crippen LogP contribution in [0.3, 0.4) is 0 Å². The van der Waals surface area contributed by atoms with Crippen molar-refractivity contribution in [1.29, 1.82) is 0 Å². The summed E-state index contributed by atoms with van der Waals surface area (Å²) in [6.07, 6.45) is 9.61. The zero-order valence-electron chi connectivity index (χ0n) is 15.4. The zero-order chi connectivity index (χ0) is 17.4. The number of urea groups is 1. The van der Waals surface area contributed by atoms with Crippen LogP contribution in [0.15, 0.2) is 0 Å². The molecule has 0 unspecified atom stereocenters. The van der Waals surface area contributed by atoms with Gasteiger partial charge >= 0.3 is 6.03 Å². The van der Waals surface area contributed by atoms with Crippen molar-refractivity contribution in [1.82, 2.24) is 20.4 Å². The molecule has 6 heteroatoms. The van der Waals surface area contributed by atoms with E-state index in [1.807, 2.05) is 4.90 Å². The zero-order valence-corrected chi connectivity index (χ0v) is 15.4. The molecule has 0 radical (unpaired) electrons. The van der Waals surface area contributed by atoms with E-state index in [0.717, 1.165) is 58.0 Å². The maximum absolute atomic E-state index is 12.8. The van der Waals surface area contributed by atoms with Gasteiger partial charge in [-0.05, 0) is 58.4 Å². The molecule has 0 aromatic rings. The van der Waals surface area contributed by atoms with Gasteiger partial charge in [0.25, 0.3) is 0 Å². The molecule has 0 aromatic heterocycles. The summed E-state index contributed by atoms with van der Waals surface area (Å²) in [5.74, 6) is 0.279. The van der Waals surface area contributed by atoms with E-state index in [1.165, 1.54) is 12.8 Å². The predicted molar refractivity (Wildman–Crippen MR) is 96.2 cm³/mol. The first kappa shape index (κ1) is 17.1. The van der Waals surface area contributed by atoms with Crippen molar-refractivity contribution in [2.75, 3.05) is 20.1 Å². The molecular weight excluding hydrogens is 316 g/mol. The van der Waals surface area contributed by atoms with Gasteiger partial charge in [0, 0.05) is 43.2 Å². The molecule has 4 aliphatic rings. The third kappa shape index (κ3) is 3.94. The van der Waals surface area contributed by atoms with Crippen LogP contribution in [0.5, 0.6) is 0 Å². The van der Waals surface area contributed by atoms with E-state index in [4.69, 9.17) is 0 Å². The number of nitrogens with zero attached hydrogens (tertiary/aromatic N) is 2. The van der Waals surface area contributed by atoms with Crippen LogP contribution in [0, 0.1) is 5.92 Å². The van der Waals surface area contributed by atoms with Gasteiger partial charge in [-0.15, -0.1) is 0 Å². The van der Waals surface area contributed by atoms with E-state index in [0.29, 0.717) is 18.1 Å². The first-order valence-corrected chi connectivity index (χ1v) is 10.2. The van der Waals surface area contributed by atoms with Crippen molar-refractivity contribution in [3.8, 4) is 0 Å². The van der Waals surface area contributed by atoms with Crippen LogP contribution in [-0.2, 0) is 4.79 Å². The molecule has 3 amide bonds. The highest BCUT2D eigenvalue weighted by Gasteiger charge is 2.37. The van der Waals surface area contributed by atoms with E-state index in [9.17, 15) is 9.59 Å². The highest BCUT2D eigenvalue weighted by atomic mass is 16.2. The van der Waals surface area contributed by atoms with Crippen molar-refractivity contribution in [2.24, 2.45) is 5.92 Å². The van der Waals surface area contributed by atoms with E-state index in [1.54, 1.807) is 0 Å². The number of likely N-dealkylation sites (N-methyl/N-ethyl adjacent to an activating group) is 1. The van der Waals surface area contributed by atoms with Crippen LogP contribution in [-0.4, -0.2) is 66.0 Å². The third-order valence-electron chi connectivity index (χ3n) is 6.73. The van der Waals surface area contributed by atoms with Crippen molar-refractivity contribution in [3.05, 3.63) is 0 Å². The van der Waals surface area contributed by atoms with Crippen molar-refractivity contribution >= 4 is 11.9 Å². The molecule has 4 atom stereocenters. The lowest BCUT2D eigenvalue weighted by atomic mass is 9.85. The number of likely N-dealkylation sites (tertiary alicyclic amines) is 1. The summed E-state index contributed by atoms with van der Waals surface area (Å²) >= 11 is 0. The lowest BCUT2D eigenvalue weighted by Crippen LogP contribution is -2.50. The fourth-order valence-electron chi connectivity index (χ4n) is 4.86. The molecule has 2 heterocycles. The van der Waals surface area contributed by atoms with Crippen LogP contribution >= 0.6 is 0 Å². The Hall–Kier alpha value is -1.30. The quantitative estimate of drug-likeness (QED) is 0.816. The molecule has 25 heavy (non-hydrogen) atoms. The van der Waals surface area contributed by atoms with E-state index in [-0.39, 0.29) is 23.9 Å². The van der Waals surface area contributed by atoms with E-state index in [2.05, 4.69) is 22.6 Å². The van der Waals surface area contributed by atoms with Gasteiger partial charge < -0.3 is 15.5 Å². The normalized spacial score (nSPS) is 36.0. The second-order valence-corrected chi connectivity index (χ2v) is 8.58. The maximum atomic E-state index is 12.8. The first-order valence-electron chi connectivity index (χ1n) is 10.2. The number of fused-ring (bicyclic) bond motifs is 2. The first-order chi connectivity index (χ1) is 12.1. The Balaban J connectivity index is 1.28. The SMILES string of the molecule is CN1[C@H]2CC[C@H]1CN(C(=O)N[C@H]1CCC[C@@H](C(=O)NC3CC3)C1)CC2. The molecule has 6 nitrogen and oxygen atoms in total. The Morgan fingerprint density at radius 2 is 1.68 bits per heavy atom. The van der Waals surface area contributed by atoms with Gasteiger partial charge in [-0.3, -0.25) is 9.69 Å². The number of carbonyl (C=O) groups is 2. The topological polar surface area (TPSA) is 64.7 Å². The Kier molecular flexibility index (Phi) is 4.89. The van der Waals surface area contributed by atoms with Crippen molar-refractivity contribution in [3.63, 3.8) is 0 Å². The summed E-state index contributed by atoms with van der Waals surface area (Å²) in [5.41, 5.74) is 0. The number of rotatable bonds is 3. The molecule has 2 saturated carbocycles. The van der Waals surface area contributed by atoms with Gasteiger partial charge in [-0.1, -0.05) is 6.42 Å². The molecule has 140 valence electrons. The van der Waals surface area contributed by atoms with Crippen LogP contribution in [0.1, 0.15) is 57.8 Å². The average molecular weight is 348 g/mol. The van der Waals surface area contributed by atoms with Gasteiger partial charge in [-0.25, -0.2) is 4.79 Å². The summed E-state index contributed by atoms with van der Waals surface area (Å²) in [6.45, 7) is 1.70. The summed E-state index contributed by atoms with van der Waals surface area (Å²) in [6, 6.07) is 1.81. The van der Waals surface area contributed by atoms with Crippen LogP contribution in [0.2, 0.25) is 0 Å². The third-order valence-corrected chi connectivity index (χ3v) is 6.73. The smallest absolute Gasteiger partial charge is 0.317 e. The molecule has 2 aliphatic carbocycles. The monoisotopic (exact) mass is 348 g/mol. The summed E-state index contributed by atoms with van der Waals surface area (Å²) in [5, 5.41) is 6.36. The van der Waals surface area contributed by atoms with Crippen LogP contribution in [0.4, 0.5) is 4.79 Å². The fraction of sp³-hybridized carbons (Fsp3) is 0.895. The van der Waals surface area contributed by atoms with Gasteiger partial charge in [0.05, 0.1) is 0 Å². The van der Waals surface area contributed by atoms with Crippen LogP contribution < -0.4 is 10.6 Å². The van der Waals surface area contributed by atoms with Crippen molar-refractivity contribution < 1.29 is 9.59 Å². The highest BCUT2D eigenvalue weighted by Crippen LogP contribution is 2.29. The molecule has 2 N–H and O–H groups in total. The van der Waals surface area contributed by atoms with Gasteiger partial charge in [0.15, 0.2) is 0 Å². The number of carbonyl (C=O) groups excluding carboxylic acids is 2. The minimum atomic E-state index is 0.0749. The Morgan fingerprint density at radius 1 is 0.880 bits per heavy atom. The van der Waals surface area contributed by atoms with E-state index < -0.39 is 0 Å². The lowest BCUT2D eigenvalue weighted by Gasteiger charge is -2.32. The second kappa shape index (κ2) is 7.14. The minimum absolute atomic E-state index is 0.0749. The molecule has 4 fully saturated rings. The number of nitrogens with one attached hydrogen (secondary N) is 2. The molecule has 2 bridgehead atoms. The Morgan fingerprint density at radius 3 is 2.48 bits per heavy atom. The highest BCUT2D eigenvalue weighted by molar-refractivity contribution is 5.79. The molecule has 4 rings (SSSR count).